The molecule has 0 aliphatic rings. The van der Waals surface area contributed by atoms with Crippen molar-refractivity contribution in [3.8, 4) is 11.5 Å². The number of aryl methyl sites for hydroxylation is 1. The predicted molar refractivity (Wildman–Crippen MR) is 67.2 cm³/mol. The molecule has 5 heteroatoms. The van der Waals surface area contributed by atoms with E-state index in [0.29, 0.717) is 13.1 Å². The average molecular weight is 250 g/mol. The van der Waals surface area contributed by atoms with Crippen molar-refractivity contribution in [1.82, 2.24) is 10.3 Å². The normalized spacial score (nSPS) is 10.6. The highest BCUT2D eigenvalue weighted by atomic mass is 32.1. The van der Waals surface area contributed by atoms with Crippen molar-refractivity contribution in [2.24, 2.45) is 0 Å². The molecule has 0 saturated carbocycles. The predicted octanol–water partition coefficient (Wildman–Crippen LogP) is 2.15. The number of aromatic nitrogens is 1. The summed E-state index contributed by atoms with van der Waals surface area (Å²) in [5, 5.41) is 25.0. The number of hydrogen-bond donors (Lipinski definition) is 3. The molecule has 2 rings (SSSR count). The second-order valence-electron chi connectivity index (χ2n) is 3.77. The minimum atomic E-state index is 0.0707. The fourth-order valence-corrected chi connectivity index (χ4v) is 2.13. The first-order valence-corrected chi connectivity index (χ1v) is 6.15. The third kappa shape index (κ3) is 3.18. The molecule has 0 bridgehead atoms. The first-order valence-electron chi connectivity index (χ1n) is 5.28. The fraction of sp³-hybridized carbons (Fsp3) is 0.250. The van der Waals surface area contributed by atoms with E-state index in [1.165, 1.54) is 6.07 Å². The van der Waals surface area contributed by atoms with E-state index in [0.717, 1.165) is 16.3 Å². The molecule has 0 radical (unpaired) electrons. The van der Waals surface area contributed by atoms with Gasteiger partial charge in [0.1, 0.15) is 11.5 Å². The average Bonchev–Trinajstić information content (AvgIpc) is 2.68. The summed E-state index contributed by atoms with van der Waals surface area (Å²) in [7, 11) is 0. The van der Waals surface area contributed by atoms with E-state index in [1.807, 2.05) is 12.3 Å². The van der Waals surface area contributed by atoms with Gasteiger partial charge < -0.3 is 15.5 Å². The Bertz CT molecular complexity index is 511. The molecular weight excluding hydrogens is 236 g/mol. The zero-order valence-electron chi connectivity index (χ0n) is 9.47. The maximum atomic E-state index is 9.58. The minimum absolute atomic E-state index is 0.0707. The Morgan fingerprint density at radius 1 is 1.29 bits per heavy atom. The molecule has 1 heterocycles. The smallest absolute Gasteiger partial charge is 0.123 e. The summed E-state index contributed by atoms with van der Waals surface area (Å²) in [5.74, 6) is 0.174. The molecule has 90 valence electrons. The number of thiazole rings is 1. The minimum Gasteiger partial charge on any atom is -0.508 e. The number of phenols is 2. The van der Waals surface area contributed by atoms with Crippen molar-refractivity contribution in [2.45, 2.75) is 20.0 Å². The molecule has 3 N–H and O–H groups in total. The van der Waals surface area contributed by atoms with E-state index < -0.39 is 0 Å². The van der Waals surface area contributed by atoms with Crippen LogP contribution in [-0.2, 0) is 13.1 Å². The Balaban J connectivity index is 1.90. The van der Waals surface area contributed by atoms with Gasteiger partial charge in [-0.15, -0.1) is 11.3 Å². The van der Waals surface area contributed by atoms with Crippen LogP contribution in [0.5, 0.6) is 11.5 Å². The Kier molecular flexibility index (Phi) is 3.61. The molecular formula is C12H14N2O2S. The SMILES string of the molecule is Cc1nc(CNCc2ccc(O)cc2O)cs1. The summed E-state index contributed by atoms with van der Waals surface area (Å²) >= 11 is 1.62. The topological polar surface area (TPSA) is 65.4 Å². The number of aromatic hydroxyl groups is 2. The molecule has 0 aliphatic carbocycles. The van der Waals surface area contributed by atoms with Gasteiger partial charge in [0.2, 0.25) is 0 Å². The highest BCUT2D eigenvalue weighted by Crippen LogP contribution is 2.22. The van der Waals surface area contributed by atoms with Gasteiger partial charge in [0.05, 0.1) is 10.7 Å². The van der Waals surface area contributed by atoms with Crippen molar-refractivity contribution in [3.63, 3.8) is 0 Å². The lowest BCUT2D eigenvalue weighted by molar-refractivity contribution is 0.443. The van der Waals surface area contributed by atoms with Gasteiger partial charge in [-0.3, -0.25) is 0 Å². The van der Waals surface area contributed by atoms with Crippen molar-refractivity contribution in [1.29, 1.82) is 0 Å². The monoisotopic (exact) mass is 250 g/mol. The van der Waals surface area contributed by atoms with Crippen LogP contribution in [0.25, 0.3) is 0 Å². The molecule has 0 saturated heterocycles. The molecule has 4 nitrogen and oxygen atoms in total. The van der Waals surface area contributed by atoms with Gasteiger partial charge in [-0.25, -0.2) is 4.98 Å². The van der Waals surface area contributed by atoms with Gasteiger partial charge in [0.15, 0.2) is 0 Å². The highest BCUT2D eigenvalue weighted by Gasteiger charge is 2.03. The van der Waals surface area contributed by atoms with E-state index >= 15 is 0 Å². The standard InChI is InChI=1S/C12H14N2O2S/c1-8-14-10(7-17-8)6-13-5-9-2-3-11(15)4-12(9)16/h2-4,7,13,15-16H,5-6H2,1H3. The van der Waals surface area contributed by atoms with Crippen LogP contribution < -0.4 is 5.32 Å². The van der Waals surface area contributed by atoms with E-state index in [4.69, 9.17) is 5.11 Å². The van der Waals surface area contributed by atoms with E-state index in [2.05, 4.69) is 10.3 Å². The molecule has 1 aromatic heterocycles. The summed E-state index contributed by atoms with van der Waals surface area (Å²) in [5.41, 5.74) is 1.76. The van der Waals surface area contributed by atoms with Crippen LogP contribution in [0.1, 0.15) is 16.3 Å². The molecule has 0 amide bonds. The van der Waals surface area contributed by atoms with Crippen LogP contribution in [0.2, 0.25) is 0 Å². The van der Waals surface area contributed by atoms with Gasteiger partial charge in [0, 0.05) is 30.1 Å². The summed E-state index contributed by atoms with van der Waals surface area (Å²) in [6, 6.07) is 4.59. The molecule has 0 unspecified atom stereocenters. The maximum absolute atomic E-state index is 9.58. The third-order valence-electron chi connectivity index (χ3n) is 2.36. The molecule has 0 fully saturated rings. The van der Waals surface area contributed by atoms with E-state index in [9.17, 15) is 5.11 Å². The van der Waals surface area contributed by atoms with Crippen molar-refractivity contribution in [3.05, 3.63) is 39.8 Å². The molecule has 2 aromatic rings. The van der Waals surface area contributed by atoms with Crippen LogP contribution in [-0.4, -0.2) is 15.2 Å². The zero-order chi connectivity index (χ0) is 12.3. The first kappa shape index (κ1) is 11.9. The summed E-state index contributed by atoms with van der Waals surface area (Å²) < 4.78 is 0. The quantitative estimate of drug-likeness (QED) is 0.778. The number of nitrogens with one attached hydrogen (secondary N) is 1. The Morgan fingerprint density at radius 3 is 2.76 bits per heavy atom. The first-order chi connectivity index (χ1) is 8.15. The lowest BCUT2D eigenvalue weighted by Gasteiger charge is -2.05. The van der Waals surface area contributed by atoms with Crippen LogP contribution in [0.15, 0.2) is 23.6 Å². The number of phenolic OH excluding ortho intramolecular Hbond substituents is 2. The Labute approximate surface area is 104 Å². The highest BCUT2D eigenvalue weighted by molar-refractivity contribution is 7.09. The van der Waals surface area contributed by atoms with Gasteiger partial charge >= 0.3 is 0 Å². The summed E-state index contributed by atoms with van der Waals surface area (Å²) in [4.78, 5) is 4.33. The number of hydrogen-bond acceptors (Lipinski definition) is 5. The summed E-state index contributed by atoms with van der Waals surface area (Å²) in [6.45, 7) is 3.19. The van der Waals surface area contributed by atoms with Gasteiger partial charge in [-0.2, -0.15) is 0 Å². The third-order valence-corrected chi connectivity index (χ3v) is 3.18. The van der Waals surface area contributed by atoms with Crippen LogP contribution in [0.4, 0.5) is 0 Å². The Hall–Kier alpha value is -1.59. The lowest BCUT2D eigenvalue weighted by atomic mass is 10.2. The zero-order valence-corrected chi connectivity index (χ0v) is 10.3. The van der Waals surface area contributed by atoms with Crippen LogP contribution in [0.3, 0.4) is 0 Å². The van der Waals surface area contributed by atoms with Crippen molar-refractivity contribution < 1.29 is 10.2 Å². The van der Waals surface area contributed by atoms with Gasteiger partial charge in [-0.05, 0) is 13.0 Å². The molecule has 17 heavy (non-hydrogen) atoms. The molecule has 0 atom stereocenters. The van der Waals surface area contributed by atoms with E-state index in [1.54, 1.807) is 23.5 Å². The number of nitrogens with zero attached hydrogens (tertiary/aromatic N) is 1. The van der Waals surface area contributed by atoms with E-state index in [-0.39, 0.29) is 11.5 Å². The molecule has 1 aromatic carbocycles. The second-order valence-corrected chi connectivity index (χ2v) is 4.84. The number of rotatable bonds is 4. The largest absolute Gasteiger partial charge is 0.508 e. The molecule has 0 aliphatic heterocycles. The maximum Gasteiger partial charge on any atom is 0.123 e. The van der Waals surface area contributed by atoms with Gasteiger partial charge in [-0.1, -0.05) is 6.07 Å². The number of benzene rings is 1. The fourth-order valence-electron chi connectivity index (χ4n) is 1.52. The van der Waals surface area contributed by atoms with Crippen LogP contribution in [0, 0.1) is 6.92 Å². The second kappa shape index (κ2) is 5.16. The Morgan fingerprint density at radius 2 is 2.12 bits per heavy atom. The van der Waals surface area contributed by atoms with Gasteiger partial charge in [0.25, 0.3) is 0 Å². The molecule has 0 spiro atoms. The lowest BCUT2D eigenvalue weighted by Crippen LogP contribution is -2.12. The van der Waals surface area contributed by atoms with Crippen molar-refractivity contribution in [2.75, 3.05) is 0 Å². The van der Waals surface area contributed by atoms with Crippen LogP contribution >= 0.6 is 11.3 Å². The summed E-state index contributed by atoms with van der Waals surface area (Å²) in [6.07, 6.45) is 0. The van der Waals surface area contributed by atoms with Crippen molar-refractivity contribution >= 4 is 11.3 Å².